The number of hydrogen-bond acceptors (Lipinski definition) is 2. The first-order chi connectivity index (χ1) is 7.98. The molecule has 0 saturated carbocycles. The number of rotatable bonds is 2. The summed E-state index contributed by atoms with van der Waals surface area (Å²) in [5.74, 6) is 2.36. The Morgan fingerprint density at radius 3 is 2.71 bits per heavy atom. The summed E-state index contributed by atoms with van der Waals surface area (Å²) >= 11 is 2.04. The minimum atomic E-state index is 0.317. The molecule has 1 aromatic rings. The van der Waals surface area contributed by atoms with Crippen molar-refractivity contribution in [1.29, 1.82) is 0 Å². The second-order valence-electron chi connectivity index (χ2n) is 6.02. The monoisotopic (exact) mass is 249 g/mol. The predicted octanol–water partition coefficient (Wildman–Crippen LogP) is 4.00. The molecule has 1 N–H and O–H groups in total. The Morgan fingerprint density at radius 2 is 2.00 bits per heavy atom. The third-order valence-electron chi connectivity index (χ3n) is 3.72. The van der Waals surface area contributed by atoms with Gasteiger partial charge >= 0.3 is 0 Å². The van der Waals surface area contributed by atoms with E-state index in [1.54, 1.807) is 0 Å². The summed E-state index contributed by atoms with van der Waals surface area (Å²) in [4.78, 5) is 0. The van der Waals surface area contributed by atoms with Crippen LogP contribution in [0.3, 0.4) is 0 Å². The molecule has 0 bridgehead atoms. The van der Waals surface area contributed by atoms with Crippen LogP contribution in [0.2, 0.25) is 0 Å². The van der Waals surface area contributed by atoms with Crippen LogP contribution in [0.25, 0.3) is 0 Å². The van der Waals surface area contributed by atoms with Crippen molar-refractivity contribution >= 4 is 11.8 Å². The van der Waals surface area contributed by atoms with Crippen molar-refractivity contribution in [3.63, 3.8) is 0 Å². The van der Waals surface area contributed by atoms with Crippen molar-refractivity contribution in [3.8, 4) is 0 Å². The molecule has 1 aliphatic heterocycles. The minimum Gasteiger partial charge on any atom is -0.306 e. The molecule has 0 aliphatic carbocycles. The summed E-state index contributed by atoms with van der Waals surface area (Å²) in [6.07, 6.45) is 0. The van der Waals surface area contributed by atoms with Crippen molar-refractivity contribution < 1.29 is 0 Å². The van der Waals surface area contributed by atoms with Gasteiger partial charge < -0.3 is 5.32 Å². The number of benzene rings is 1. The van der Waals surface area contributed by atoms with Crippen LogP contribution in [0.5, 0.6) is 0 Å². The van der Waals surface area contributed by atoms with E-state index < -0.39 is 0 Å². The molecule has 0 amide bonds. The molecular formula is C15H23NS. The van der Waals surface area contributed by atoms with Gasteiger partial charge in [-0.15, -0.1) is 0 Å². The van der Waals surface area contributed by atoms with Gasteiger partial charge in [-0.1, -0.05) is 45.0 Å². The summed E-state index contributed by atoms with van der Waals surface area (Å²) < 4.78 is 0. The number of nitrogens with one attached hydrogen (secondary N) is 1. The van der Waals surface area contributed by atoms with Gasteiger partial charge in [0.1, 0.15) is 0 Å². The Kier molecular flexibility index (Phi) is 3.84. The maximum absolute atomic E-state index is 3.79. The van der Waals surface area contributed by atoms with Gasteiger partial charge in [-0.2, -0.15) is 11.8 Å². The van der Waals surface area contributed by atoms with E-state index in [-0.39, 0.29) is 0 Å². The molecule has 17 heavy (non-hydrogen) atoms. The lowest BCUT2D eigenvalue weighted by Gasteiger charge is -2.35. The van der Waals surface area contributed by atoms with Gasteiger partial charge in [-0.05, 0) is 23.5 Å². The lowest BCUT2D eigenvalue weighted by molar-refractivity contribution is 0.269. The Morgan fingerprint density at radius 1 is 1.29 bits per heavy atom. The standard InChI is InChI=1S/C15H23NS/c1-11(15(2,3)4)16-14-10-17-9-12-7-5-6-8-13(12)14/h5-8,11,14,16H,9-10H2,1-4H3. The van der Waals surface area contributed by atoms with Gasteiger partial charge in [0.25, 0.3) is 0 Å². The third kappa shape index (κ3) is 3.05. The third-order valence-corrected chi connectivity index (χ3v) is 4.81. The highest BCUT2D eigenvalue weighted by Crippen LogP contribution is 2.33. The zero-order valence-electron chi connectivity index (χ0n) is 11.3. The second-order valence-corrected chi connectivity index (χ2v) is 7.05. The van der Waals surface area contributed by atoms with Crippen LogP contribution >= 0.6 is 11.8 Å². The number of hydrogen-bond donors (Lipinski definition) is 1. The molecule has 1 heterocycles. The van der Waals surface area contributed by atoms with Gasteiger partial charge in [-0.25, -0.2) is 0 Å². The van der Waals surface area contributed by atoms with E-state index in [0.717, 1.165) is 5.75 Å². The topological polar surface area (TPSA) is 12.0 Å². The smallest absolute Gasteiger partial charge is 0.0417 e. The van der Waals surface area contributed by atoms with E-state index in [1.807, 2.05) is 11.8 Å². The van der Waals surface area contributed by atoms with E-state index >= 15 is 0 Å². The van der Waals surface area contributed by atoms with Crippen LogP contribution in [-0.4, -0.2) is 11.8 Å². The summed E-state index contributed by atoms with van der Waals surface area (Å²) in [6, 6.07) is 9.89. The molecule has 1 aliphatic rings. The fraction of sp³-hybridized carbons (Fsp3) is 0.600. The maximum atomic E-state index is 3.79. The molecule has 1 aromatic carbocycles. The van der Waals surface area contributed by atoms with Crippen molar-refractivity contribution in [2.75, 3.05) is 5.75 Å². The average Bonchev–Trinajstić information content (AvgIpc) is 2.28. The first-order valence-corrected chi connectivity index (χ1v) is 7.55. The second kappa shape index (κ2) is 5.03. The van der Waals surface area contributed by atoms with Crippen LogP contribution in [0, 0.1) is 5.41 Å². The normalized spacial score (nSPS) is 22.0. The Hall–Kier alpha value is -0.470. The summed E-state index contributed by atoms with van der Waals surface area (Å²) in [5, 5.41) is 3.79. The zero-order chi connectivity index (χ0) is 12.5. The molecule has 0 aromatic heterocycles. The van der Waals surface area contributed by atoms with Gasteiger partial charge in [0.05, 0.1) is 0 Å². The average molecular weight is 249 g/mol. The van der Waals surface area contributed by atoms with E-state index in [9.17, 15) is 0 Å². The number of fused-ring (bicyclic) bond motifs is 1. The van der Waals surface area contributed by atoms with E-state index in [1.165, 1.54) is 16.9 Å². The molecule has 94 valence electrons. The Bertz CT molecular complexity index is 381. The molecule has 0 radical (unpaired) electrons. The first-order valence-electron chi connectivity index (χ1n) is 6.40. The highest BCUT2D eigenvalue weighted by atomic mass is 32.2. The molecule has 0 saturated heterocycles. The van der Waals surface area contributed by atoms with Crippen LogP contribution in [0.1, 0.15) is 44.9 Å². The molecule has 2 heteroatoms. The van der Waals surface area contributed by atoms with Crippen LogP contribution in [-0.2, 0) is 5.75 Å². The SMILES string of the molecule is CC(NC1CSCc2ccccc21)C(C)(C)C. The van der Waals surface area contributed by atoms with Gasteiger partial charge in [0, 0.05) is 23.6 Å². The Labute approximate surface area is 109 Å². The van der Waals surface area contributed by atoms with E-state index in [0.29, 0.717) is 17.5 Å². The lowest BCUT2D eigenvalue weighted by Crippen LogP contribution is -2.41. The van der Waals surface area contributed by atoms with Crippen LogP contribution in [0.15, 0.2) is 24.3 Å². The first kappa shape index (κ1) is 13.0. The largest absolute Gasteiger partial charge is 0.306 e. The Balaban J connectivity index is 2.14. The summed E-state index contributed by atoms with van der Waals surface area (Å²) in [5.41, 5.74) is 3.32. The van der Waals surface area contributed by atoms with Crippen molar-refractivity contribution in [2.45, 2.75) is 45.5 Å². The minimum absolute atomic E-state index is 0.317. The molecule has 2 unspecified atom stereocenters. The summed E-state index contributed by atoms with van der Waals surface area (Å²) in [6.45, 7) is 9.19. The molecule has 1 nitrogen and oxygen atoms in total. The predicted molar refractivity (Wildman–Crippen MR) is 77.4 cm³/mol. The van der Waals surface area contributed by atoms with Crippen LogP contribution < -0.4 is 5.32 Å². The molecular weight excluding hydrogens is 226 g/mol. The molecule has 2 atom stereocenters. The lowest BCUT2D eigenvalue weighted by atomic mass is 9.87. The zero-order valence-corrected chi connectivity index (χ0v) is 12.1. The van der Waals surface area contributed by atoms with Gasteiger partial charge in [-0.3, -0.25) is 0 Å². The fourth-order valence-electron chi connectivity index (χ4n) is 2.07. The molecule has 0 spiro atoms. The molecule has 0 fully saturated rings. The highest BCUT2D eigenvalue weighted by molar-refractivity contribution is 7.98. The van der Waals surface area contributed by atoms with E-state index in [4.69, 9.17) is 0 Å². The number of thioether (sulfide) groups is 1. The van der Waals surface area contributed by atoms with Gasteiger partial charge in [0.2, 0.25) is 0 Å². The summed E-state index contributed by atoms with van der Waals surface area (Å²) in [7, 11) is 0. The van der Waals surface area contributed by atoms with Crippen molar-refractivity contribution in [2.24, 2.45) is 5.41 Å². The highest BCUT2D eigenvalue weighted by Gasteiger charge is 2.26. The fourth-order valence-corrected chi connectivity index (χ4v) is 3.18. The van der Waals surface area contributed by atoms with Crippen molar-refractivity contribution in [1.82, 2.24) is 5.32 Å². The van der Waals surface area contributed by atoms with Crippen molar-refractivity contribution in [3.05, 3.63) is 35.4 Å². The maximum Gasteiger partial charge on any atom is 0.0417 e. The molecule has 2 rings (SSSR count). The van der Waals surface area contributed by atoms with E-state index in [2.05, 4.69) is 57.3 Å². The van der Waals surface area contributed by atoms with Gasteiger partial charge in [0.15, 0.2) is 0 Å². The quantitative estimate of drug-likeness (QED) is 0.850. The van der Waals surface area contributed by atoms with Crippen LogP contribution in [0.4, 0.5) is 0 Å².